The van der Waals surface area contributed by atoms with Crippen molar-refractivity contribution < 1.29 is 19.1 Å². The van der Waals surface area contributed by atoms with E-state index in [4.69, 9.17) is 9.47 Å². The zero-order chi connectivity index (χ0) is 17.4. The zero-order valence-corrected chi connectivity index (χ0v) is 13.7. The molecule has 0 fully saturated rings. The van der Waals surface area contributed by atoms with Crippen LogP contribution in [0.15, 0.2) is 48.5 Å². The Morgan fingerprint density at radius 2 is 1.50 bits per heavy atom. The number of amides is 2. The summed E-state index contributed by atoms with van der Waals surface area (Å²) in [7, 11) is 1.45. The molecule has 6 heteroatoms. The van der Waals surface area contributed by atoms with Crippen molar-refractivity contribution in [2.24, 2.45) is 0 Å². The molecule has 0 aromatic heterocycles. The predicted octanol–water partition coefficient (Wildman–Crippen LogP) is 2.92. The fourth-order valence-corrected chi connectivity index (χ4v) is 2.04. The topological polar surface area (TPSA) is 76.7 Å². The van der Waals surface area contributed by atoms with Gasteiger partial charge in [0.25, 0.3) is 5.91 Å². The lowest BCUT2D eigenvalue weighted by Crippen LogP contribution is -2.17. The highest BCUT2D eigenvalue weighted by Gasteiger charge is 2.07. The summed E-state index contributed by atoms with van der Waals surface area (Å²) in [6.45, 7) is 2.50. The fraction of sp³-hybridized carbons (Fsp3) is 0.222. The van der Waals surface area contributed by atoms with Crippen molar-refractivity contribution in [3.05, 3.63) is 54.1 Å². The fourth-order valence-electron chi connectivity index (χ4n) is 2.04. The number of benzene rings is 2. The summed E-state index contributed by atoms with van der Waals surface area (Å²) in [5.74, 6) is 0.282. The van der Waals surface area contributed by atoms with Gasteiger partial charge >= 0.3 is 0 Å². The first-order valence-corrected chi connectivity index (χ1v) is 7.55. The average molecular weight is 328 g/mol. The summed E-state index contributed by atoms with van der Waals surface area (Å²) in [4.78, 5) is 23.6. The Hall–Kier alpha value is -2.86. The van der Waals surface area contributed by atoms with Crippen molar-refractivity contribution in [3.8, 4) is 5.75 Å². The van der Waals surface area contributed by atoms with Crippen LogP contribution < -0.4 is 15.4 Å². The van der Waals surface area contributed by atoms with Crippen LogP contribution in [0.5, 0.6) is 5.75 Å². The first-order valence-electron chi connectivity index (χ1n) is 7.55. The van der Waals surface area contributed by atoms with E-state index in [2.05, 4.69) is 10.6 Å². The summed E-state index contributed by atoms with van der Waals surface area (Å²) in [5, 5.41) is 5.47. The van der Waals surface area contributed by atoms with Crippen molar-refractivity contribution in [1.82, 2.24) is 0 Å². The molecule has 2 aromatic carbocycles. The number of carbonyl (C=O) groups is 2. The normalized spacial score (nSPS) is 10.1. The highest BCUT2D eigenvalue weighted by molar-refractivity contribution is 6.04. The Labute approximate surface area is 140 Å². The first kappa shape index (κ1) is 17.5. The van der Waals surface area contributed by atoms with Crippen LogP contribution in [-0.2, 0) is 9.53 Å². The van der Waals surface area contributed by atoms with Gasteiger partial charge in [-0.1, -0.05) is 0 Å². The molecule has 2 amide bonds. The van der Waals surface area contributed by atoms with E-state index in [1.807, 2.05) is 6.92 Å². The molecular formula is C18H20N2O4. The van der Waals surface area contributed by atoms with Gasteiger partial charge in [-0.05, 0) is 55.5 Å². The van der Waals surface area contributed by atoms with E-state index in [9.17, 15) is 9.59 Å². The molecule has 0 saturated carbocycles. The maximum atomic E-state index is 12.2. The van der Waals surface area contributed by atoms with Crippen molar-refractivity contribution in [2.45, 2.75) is 6.92 Å². The van der Waals surface area contributed by atoms with Gasteiger partial charge in [-0.2, -0.15) is 0 Å². The summed E-state index contributed by atoms with van der Waals surface area (Å²) < 4.78 is 10.1. The molecule has 0 aliphatic rings. The Balaban J connectivity index is 1.95. The number of hydrogen-bond donors (Lipinski definition) is 2. The summed E-state index contributed by atoms with van der Waals surface area (Å²) >= 11 is 0. The van der Waals surface area contributed by atoms with Crippen LogP contribution in [0.4, 0.5) is 11.4 Å². The van der Waals surface area contributed by atoms with Gasteiger partial charge in [0.15, 0.2) is 0 Å². The minimum absolute atomic E-state index is 0.0139. The van der Waals surface area contributed by atoms with Gasteiger partial charge in [0.05, 0.1) is 6.61 Å². The maximum absolute atomic E-state index is 12.2. The molecule has 2 N–H and O–H groups in total. The van der Waals surface area contributed by atoms with Crippen LogP contribution in [0.2, 0.25) is 0 Å². The van der Waals surface area contributed by atoms with Gasteiger partial charge in [0, 0.05) is 24.0 Å². The Morgan fingerprint density at radius 3 is 2.08 bits per heavy atom. The van der Waals surface area contributed by atoms with Crippen LogP contribution >= 0.6 is 0 Å². The highest BCUT2D eigenvalue weighted by atomic mass is 16.5. The van der Waals surface area contributed by atoms with E-state index in [0.29, 0.717) is 23.5 Å². The molecule has 126 valence electrons. The van der Waals surface area contributed by atoms with E-state index in [1.54, 1.807) is 48.5 Å². The molecule has 0 aliphatic carbocycles. The van der Waals surface area contributed by atoms with E-state index in [-0.39, 0.29) is 18.4 Å². The third-order valence-corrected chi connectivity index (χ3v) is 3.13. The predicted molar refractivity (Wildman–Crippen MR) is 92.5 cm³/mol. The third-order valence-electron chi connectivity index (χ3n) is 3.13. The van der Waals surface area contributed by atoms with Crippen LogP contribution in [0.1, 0.15) is 17.3 Å². The summed E-state index contributed by atoms with van der Waals surface area (Å²) in [6, 6.07) is 13.8. The lowest BCUT2D eigenvalue weighted by Gasteiger charge is -2.08. The monoisotopic (exact) mass is 328 g/mol. The standard InChI is InChI=1S/C18H20N2O4/c1-3-24-16-10-8-15(9-11-16)20-18(22)13-4-6-14(7-5-13)19-17(21)12-23-2/h4-11H,3,12H2,1-2H3,(H,19,21)(H,20,22). The van der Waals surface area contributed by atoms with Crippen molar-refractivity contribution in [2.75, 3.05) is 31.0 Å². The third kappa shape index (κ3) is 5.10. The minimum Gasteiger partial charge on any atom is -0.494 e. The maximum Gasteiger partial charge on any atom is 0.255 e. The lowest BCUT2D eigenvalue weighted by molar-refractivity contribution is -0.119. The Bertz CT molecular complexity index is 681. The molecule has 0 unspecified atom stereocenters. The van der Waals surface area contributed by atoms with E-state index in [1.165, 1.54) is 7.11 Å². The molecule has 6 nitrogen and oxygen atoms in total. The Morgan fingerprint density at radius 1 is 0.917 bits per heavy atom. The number of hydrogen-bond acceptors (Lipinski definition) is 4. The second-order valence-electron chi connectivity index (χ2n) is 4.97. The summed E-state index contributed by atoms with van der Waals surface area (Å²) in [5.41, 5.74) is 1.78. The number of methoxy groups -OCH3 is 1. The van der Waals surface area contributed by atoms with Gasteiger partial charge in [-0.15, -0.1) is 0 Å². The largest absolute Gasteiger partial charge is 0.494 e. The van der Waals surface area contributed by atoms with Gasteiger partial charge in [-0.25, -0.2) is 0 Å². The van der Waals surface area contributed by atoms with Crippen LogP contribution in [0, 0.1) is 0 Å². The number of carbonyl (C=O) groups excluding carboxylic acids is 2. The second-order valence-corrected chi connectivity index (χ2v) is 4.97. The van der Waals surface area contributed by atoms with Gasteiger partial charge in [-0.3, -0.25) is 9.59 Å². The van der Waals surface area contributed by atoms with Crippen molar-refractivity contribution >= 4 is 23.2 Å². The molecule has 0 saturated heterocycles. The highest BCUT2D eigenvalue weighted by Crippen LogP contribution is 2.17. The molecule has 0 aliphatic heterocycles. The molecule has 0 heterocycles. The smallest absolute Gasteiger partial charge is 0.255 e. The Kier molecular flexibility index (Phi) is 6.33. The van der Waals surface area contributed by atoms with Gasteiger partial charge in [0.2, 0.25) is 5.91 Å². The van der Waals surface area contributed by atoms with Crippen LogP contribution in [-0.4, -0.2) is 32.1 Å². The van der Waals surface area contributed by atoms with Gasteiger partial charge < -0.3 is 20.1 Å². The average Bonchev–Trinajstić information content (AvgIpc) is 2.57. The molecule has 0 spiro atoms. The quantitative estimate of drug-likeness (QED) is 0.819. The summed E-state index contributed by atoms with van der Waals surface area (Å²) in [6.07, 6.45) is 0. The molecule has 0 radical (unpaired) electrons. The molecule has 24 heavy (non-hydrogen) atoms. The number of ether oxygens (including phenoxy) is 2. The van der Waals surface area contributed by atoms with Crippen molar-refractivity contribution in [1.29, 1.82) is 0 Å². The van der Waals surface area contributed by atoms with E-state index < -0.39 is 0 Å². The number of nitrogens with one attached hydrogen (secondary N) is 2. The SMILES string of the molecule is CCOc1ccc(NC(=O)c2ccc(NC(=O)COC)cc2)cc1. The lowest BCUT2D eigenvalue weighted by atomic mass is 10.2. The molecule has 2 rings (SSSR count). The molecular weight excluding hydrogens is 308 g/mol. The molecule has 2 aromatic rings. The van der Waals surface area contributed by atoms with Crippen molar-refractivity contribution in [3.63, 3.8) is 0 Å². The zero-order valence-electron chi connectivity index (χ0n) is 13.7. The first-order chi connectivity index (χ1) is 11.6. The number of rotatable bonds is 7. The van der Waals surface area contributed by atoms with Gasteiger partial charge in [0.1, 0.15) is 12.4 Å². The number of anilines is 2. The van der Waals surface area contributed by atoms with E-state index >= 15 is 0 Å². The minimum atomic E-state index is -0.246. The molecule has 0 bridgehead atoms. The van der Waals surface area contributed by atoms with Crippen LogP contribution in [0.25, 0.3) is 0 Å². The molecule has 0 atom stereocenters. The van der Waals surface area contributed by atoms with E-state index in [0.717, 1.165) is 5.75 Å². The van der Waals surface area contributed by atoms with Crippen LogP contribution in [0.3, 0.4) is 0 Å². The second kappa shape index (κ2) is 8.69.